The highest BCUT2D eigenvalue weighted by Gasteiger charge is 2.36. The van der Waals surface area contributed by atoms with Crippen LogP contribution in [0.25, 0.3) is 0 Å². The third-order valence-corrected chi connectivity index (χ3v) is 9.44. The Balaban J connectivity index is 1.53. The Morgan fingerprint density at radius 3 is 2.70 bits per heavy atom. The van der Waals surface area contributed by atoms with E-state index in [2.05, 4.69) is 10.4 Å². The average Bonchev–Trinajstić information content (AvgIpc) is 3.42. The zero-order valence-electron chi connectivity index (χ0n) is 19.4. The number of nitrogens with zero attached hydrogens (tertiary/aromatic N) is 3. The van der Waals surface area contributed by atoms with E-state index in [-0.39, 0.29) is 23.5 Å². The fraction of sp³-hybridized carbons (Fsp3) is 0.591. The summed E-state index contributed by atoms with van der Waals surface area (Å²) in [5.41, 5.74) is 1.99. The number of carbonyl (C=O) groups excluding carboxylic acids is 2. The van der Waals surface area contributed by atoms with E-state index in [1.165, 1.54) is 26.5 Å². The van der Waals surface area contributed by atoms with Crippen LogP contribution < -0.4 is 5.32 Å². The SMILES string of the molecule is Cc1c(S(=O)(=O)N2CCC[C@H](C(=O)Nc3sc4c(c3C(=O)OC(C)C)CCC4)C2)cnn1C. The van der Waals surface area contributed by atoms with Crippen LogP contribution in [0, 0.1) is 12.8 Å². The summed E-state index contributed by atoms with van der Waals surface area (Å²) in [6.07, 6.45) is 4.93. The third kappa shape index (κ3) is 4.58. The summed E-state index contributed by atoms with van der Waals surface area (Å²) < 4.78 is 34.7. The van der Waals surface area contributed by atoms with Crippen molar-refractivity contribution in [3.8, 4) is 0 Å². The lowest BCUT2D eigenvalue weighted by atomic mass is 9.99. The number of amides is 1. The van der Waals surface area contributed by atoms with Crippen molar-refractivity contribution in [1.29, 1.82) is 0 Å². The second-order valence-corrected chi connectivity index (χ2v) is 11.9. The molecule has 0 unspecified atom stereocenters. The smallest absolute Gasteiger partial charge is 0.341 e. The van der Waals surface area contributed by atoms with Gasteiger partial charge in [-0.1, -0.05) is 0 Å². The highest BCUT2D eigenvalue weighted by atomic mass is 32.2. The number of ether oxygens (including phenoxy) is 1. The number of fused-ring (bicyclic) bond motifs is 1. The van der Waals surface area contributed by atoms with E-state index in [0.717, 1.165) is 29.7 Å². The summed E-state index contributed by atoms with van der Waals surface area (Å²) in [7, 11) is -2.05. The standard InChI is InChI=1S/C22H30N4O5S2/c1-13(2)31-22(28)19-16-8-5-9-17(16)32-21(19)24-20(27)15-7-6-10-26(12-15)33(29,30)18-11-23-25(4)14(18)3/h11,13,15H,5-10,12H2,1-4H3,(H,24,27)/t15-/m0/s1. The molecule has 1 aliphatic heterocycles. The quantitative estimate of drug-likeness (QED) is 0.618. The fourth-order valence-electron chi connectivity index (χ4n) is 4.44. The molecule has 1 saturated heterocycles. The van der Waals surface area contributed by atoms with Crippen molar-refractivity contribution in [3.05, 3.63) is 27.9 Å². The lowest BCUT2D eigenvalue weighted by Gasteiger charge is -2.31. The number of piperidine rings is 1. The van der Waals surface area contributed by atoms with E-state index in [1.54, 1.807) is 27.8 Å². The van der Waals surface area contributed by atoms with Gasteiger partial charge in [0.15, 0.2) is 0 Å². The van der Waals surface area contributed by atoms with E-state index < -0.39 is 21.9 Å². The number of thiophene rings is 1. The molecule has 2 aromatic rings. The molecule has 2 aromatic heterocycles. The van der Waals surface area contributed by atoms with Crippen molar-refractivity contribution >= 4 is 38.2 Å². The molecule has 0 spiro atoms. The Morgan fingerprint density at radius 2 is 2.03 bits per heavy atom. The number of anilines is 1. The lowest BCUT2D eigenvalue weighted by Crippen LogP contribution is -2.43. The maximum atomic E-state index is 13.2. The van der Waals surface area contributed by atoms with Crippen molar-refractivity contribution in [3.63, 3.8) is 0 Å². The highest BCUT2D eigenvalue weighted by Crippen LogP contribution is 2.40. The van der Waals surface area contributed by atoms with Gasteiger partial charge in [-0.25, -0.2) is 13.2 Å². The first kappa shape index (κ1) is 23.9. The molecule has 11 heteroatoms. The van der Waals surface area contributed by atoms with Crippen molar-refractivity contribution in [2.75, 3.05) is 18.4 Å². The van der Waals surface area contributed by atoms with Crippen LogP contribution in [-0.2, 0) is 39.4 Å². The minimum absolute atomic E-state index is 0.0966. The Kier molecular flexibility index (Phi) is 6.66. The molecular formula is C22H30N4O5S2. The van der Waals surface area contributed by atoms with Crippen LogP contribution in [0.3, 0.4) is 0 Å². The van der Waals surface area contributed by atoms with E-state index >= 15 is 0 Å². The maximum absolute atomic E-state index is 13.2. The zero-order chi connectivity index (χ0) is 23.9. The average molecular weight is 495 g/mol. The van der Waals surface area contributed by atoms with Gasteiger partial charge in [-0.2, -0.15) is 9.40 Å². The van der Waals surface area contributed by atoms with Gasteiger partial charge in [0.2, 0.25) is 15.9 Å². The van der Waals surface area contributed by atoms with Gasteiger partial charge in [-0.05, 0) is 58.4 Å². The van der Waals surface area contributed by atoms with Crippen LogP contribution in [0.4, 0.5) is 5.00 Å². The number of sulfonamides is 1. The van der Waals surface area contributed by atoms with E-state index in [1.807, 2.05) is 0 Å². The van der Waals surface area contributed by atoms with E-state index in [0.29, 0.717) is 35.6 Å². The van der Waals surface area contributed by atoms with Gasteiger partial charge < -0.3 is 10.1 Å². The molecule has 0 saturated carbocycles. The summed E-state index contributed by atoms with van der Waals surface area (Å²) in [5.74, 6) is -1.19. The van der Waals surface area contributed by atoms with Crippen LogP contribution in [0.15, 0.2) is 11.1 Å². The van der Waals surface area contributed by atoms with Crippen LogP contribution >= 0.6 is 11.3 Å². The fourth-order valence-corrected chi connectivity index (χ4v) is 7.43. The first-order valence-electron chi connectivity index (χ1n) is 11.2. The number of carbonyl (C=O) groups is 2. The van der Waals surface area contributed by atoms with Crippen LogP contribution in [-0.4, -0.2) is 53.6 Å². The van der Waals surface area contributed by atoms with Crippen molar-refractivity contribution in [2.45, 2.75) is 63.9 Å². The molecule has 9 nitrogen and oxygen atoms in total. The molecule has 1 atom stereocenters. The maximum Gasteiger partial charge on any atom is 0.341 e. The third-order valence-electron chi connectivity index (χ3n) is 6.27. The summed E-state index contributed by atoms with van der Waals surface area (Å²) in [5, 5.41) is 7.49. The highest BCUT2D eigenvalue weighted by molar-refractivity contribution is 7.89. The summed E-state index contributed by atoms with van der Waals surface area (Å²) >= 11 is 1.43. The topological polar surface area (TPSA) is 111 Å². The van der Waals surface area contributed by atoms with Crippen LogP contribution in [0.2, 0.25) is 0 Å². The normalized spacial score (nSPS) is 19.0. The molecule has 180 valence electrons. The molecule has 1 amide bonds. The van der Waals surface area contributed by atoms with Gasteiger partial charge in [0, 0.05) is 25.0 Å². The number of aromatic nitrogens is 2. The molecule has 1 aliphatic carbocycles. The number of esters is 1. The summed E-state index contributed by atoms with van der Waals surface area (Å²) in [4.78, 5) is 27.2. The Labute approximate surface area is 198 Å². The molecule has 3 heterocycles. The van der Waals surface area contributed by atoms with Gasteiger partial charge >= 0.3 is 5.97 Å². The van der Waals surface area contributed by atoms with E-state index in [4.69, 9.17) is 4.74 Å². The first-order valence-corrected chi connectivity index (χ1v) is 13.5. The van der Waals surface area contributed by atoms with Gasteiger partial charge in [-0.3, -0.25) is 9.48 Å². The Hall–Kier alpha value is -2.24. The second-order valence-electron chi connectivity index (χ2n) is 8.92. The van der Waals surface area contributed by atoms with E-state index in [9.17, 15) is 18.0 Å². The molecule has 1 fully saturated rings. The minimum Gasteiger partial charge on any atom is -0.459 e. The molecular weight excluding hydrogens is 464 g/mol. The Morgan fingerprint density at radius 1 is 1.27 bits per heavy atom. The number of rotatable bonds is 6. The molecule has 1 N–H and O–H groups in total. The first-order chi connectivity index (χ1) is 15.6. The number of nitrogens with one attached hydrogen (secondary N) is 1. The monoisotopic (exact) mass is 494 g/mol. The molecule has 33 heavy (non-hydrogen) atoms. The molecule has 0 radical (unpaired) electrons. The Bertz CT molecular complexity index is 1180. The molecule has 2 aliphatic rings. The van der Waals surface area contributed by atoms with Gasteiger partial charge in [0.25, 0.3) is 0 Å². The zero-order valence-corrected chi connectivity index (χ0v) is 21.0. The second kappa shape index (κ2) is 9.19. The van der Waals surface area contributed by atoms with Crippen LogP contribution in [0.1, 0.15) is 59.6 Å². The summed E-state index contributed by atoms with van der Waals surface area (Å²) in [6, 6.07) is 0. The van der Waals surface area contributed by atoms with Gasteiger partial charge in [0.1, 0.15) is 9.90 Å². The molecule has 4 rings (SSSR count). The van der Waals surface area contributed by atoms with Crippen molar-refractivity contribution in [1.82, 2.24) is 14.1 Å². The molecule has 0 bridgehead atoms. The van der Waals surface area contributed by atoms with Crippen molar-refractivity contribution in [2.24, 2.45) is 13.0 Å². The molecule has 0 aromatic carbocycles. The minimum atomic E-state index is -3.75. The summed E-state index contributed by atoms with van der Waals surface area (Å²) in [6.45, 7) is 5.76. The van der Waals surface area contributed by atoms with Crippen molar-refractivity contribution < 1.29 is 22.7 Å². The number of aryl methyl sites for hydroxylation is 2. The van der Waals surface area contributed by atoms with Gasteiger partial charge in [0.05, 0.1) is 29.5 Å². The van der Waals surface area contributed by atoms with Crippen LogP contribution in [0.5, 0.6) is 0 Å². The predicted octanol–water partition coefficient (Wildman–Crippen LogP) is 2.88. The largest absolute Gasteiger partial charge is 0.459 e. The number of hydrogen-bond donors (Lipinski definition) is 1. The number of hydrogen-bond acceptors (Lipinski definition) is 7. The van der Waals surface area contributed by atoms with Gasteiger partial charge in [-0.15, -0.1) is 11.3 Å². The lowest BCUT2D eigenvalue weighted by molar-refractivity contribution is -0.120. The predicted molar refractivity (Wildman–Crippen MR) is 125 cm³/mol.